The second-order valence-electron chi connectivity index (χ2n) is 8.79. The van der Waals surface area contributed by atoms with Crippen LogP contribution in [0.25, 0.3) is 0 Å². The number of hydrogen-bond acceptors (Lipinski definition) is 10. The summed E-state index contributed by atoms with van der Waals surface area (Å²) < 4.78 is 18.8. The molecule has 0 aliphatic carbocycles. The first kappa shape index (κ1) is 25.6. The maximum absolute atomic E-state index is 12.4. The molecule has 2 fully saturated rings. The van der Waals surface area contributed by atoms with Crippen LogP contribution >= 0.6 is 0 Å². The summed E-state index contributed by atoms with van der Waals surface area (Å²) in [6.07, 6.45) is -2.55. The second-order valence-corrected chi connectivity index (χ2v) is 8.79. The summed E-state index contributed by atoms with van der Waals surface area (Å²) >= 11 is 0. The molecule has 1 amide bonds. The molecule has 196 valence electrons. The average Bonchev–Trinajstić information content (AvgIpc) is 3.40. The Labute approximate surface area is 202 Å². The Morgan fingerprint density at radius 1 is 1.00 bits per heavy atom. The highest BCUT2D eigenvalue weighted by molar-refractivity contribution is 5.67. The number of aromatic amines is 2. The van der Waals surface area contributed by atoms with Crippen molar-refractivity contribution < 1.29 is 29.2 Å². The van der Waals surface area contributed by atoms with E-state index in [1.165, 1.54) is 30.8 Å². The van der Waals surface area contributed by atoms with E-state index in [1.807, 2.05) is 0 Å². The lowest BCUT2D eigenvalue weighted by Gasteiger charge is -2.19. The third-order valence-electron chi connectivity index (χ3n) is 6.21. The van der Waals surface area contributed by atoms with Crippen LogP contribution in [0.1, 0.15) is 36.4 Å². The van der Waals surface area contributed by atoms with Crippen LogP contribution in [0.2, 0.25) is 0 Å². The lowest BCUT2D eigenvalue weighted by Crippen LogP contribution is -2.43. The zero-order valence-electron chi connectivity index (χ0n) is 19.5. The number of nitrogens with zero attached hydrogens (tertiary/aromatic N) is 2. The quantitative estimate of drug-likeness (QED) is 0.282. The highest BCUT2D eigenvalue weighted by atomic mass is 16.6. The van der Waals surface area contributed by atoms with Gasteiger partial charge in [-0.25, -0.2) is 14.4 Å². The van der Waals surface area contributed by atoms with Gasteiger partial charge in [-0.2, -0.15) is 0 Å². The van der Waals surface area contributed by atoms with Gasteiger partial charge in [-0.05, 0) is 13.8 Å². The Morgan fingerprint density at radius 2 is 1.53 bits per heavy atom. The van der Waals surface area contributed by atoms with Crippen molar-refractivity contribution in [2.75, 3.05) is 13.2 Å². The normalized spacial score (nSPS) is 27.8. The van der Waals surface area contributed by atoms with E-state index in [1.54, 1.807) is 0 Å². The molecule has 6 atom stereocenters. The van der Waals surface area contributed by atoms with Crippen LogP contribution in [0.15, 0.2) is 31.6 Å². The van der Waals surface area contributed by atoms with Crippen molar-refractivity contribution in [3.05, 3.63) is 65.2 Å². The van der Waals surface area contributed by atoms with E-state index in [4.69, 9.17) is 14.2 Å². The molecule has 0 unspecified atom stereocenters. The maximum Gasteiger partial charge on any atom is 0.407 e. The van der Waals surface area contributed by atoms with E-state index in [-0.39, 0.29) is 19.4 Å². The minimum Gasteiger partial charge on any atom is -0.447 e. The molecule has 36 heavy (non-hydrogen) atoms. The van der Waals surface area contributed by atoms with Crippen LogP contribution in [0.4, 0.5) is 4.79 Å². The van der Waals surface area contributed by atoms with Crippen LogP contribution < -0.4 is 27.8 Å². The molecule has 0 spiro atoms. The summed E-state index contributed by atoms with van der Waals surface area (Å²) in [5.74, 6) is 0. The number of carbonyl (C=O) groups excluding carboxylic acids is 1. The van der Waals surface area contributed by atoms with Gasteiger partial charge in [0.25, 0.3) is 11.1 Å². The van der Waals surface area contributed by atoms with Gasteiger partial charge in [0.2, 0.25) is 0 Å². The molecule has 15 heteroatoms. The van der Waals surface area contributed by atoms with Gasteiger partial charge < -0.3 is 29.7 Å². The standard InChI is InChI=1S/C21H27N5O10/c1-9-5-25(19(31)23-17(9)29)15-3-11(13(7-27)35-15)22-21(33)34-8-14-12(28)4-16(36-14)26-6-10(2)18(30)24-20(26)32/h5-6,11-16,27-28H,3-4,7-8H2,1-2H3,(H,22,33)(H,23,29,31)(H,24,30,32)/t11-,12-,13+,14+,15+,16+/m0/s1. The number of carbonyl (C=O) groups is 1. The van der Waals surface area contributed by atoms with Crippen molar-refractivity contribution in [3.63, 3.8) is 0 Å². The number of aliphatic hydroxyl groups excluding tert-OH is 2. The largest absolute Gasteiger partial charge is 0.447 e. The molecule has 5 N–H and O–H groups in total. The third kappa shape index (κ3) is 5.18. The molecule has 0 saturated carbocycles. The number of aryl methyl sites for hydroxylation is 2. The molecule has 2 aliphatic rings. The van der Waals surface area contributed by atoms with Crippen LogP contribution in [-0.4, -0.2) is 73.0 Å². The average molecular weight is 509 g/mol. The highest BCUT2D eigenvalue weighted by Gasteiger charge is 2.39. The smallest absolute Gasteiger partial charge is 0.407 e. The maximum atomic E-state index is 12.4. The number of alkyl carbamates (subject to hydrolysis) is 1. The molecule has 15 nitrogen and oxygen atoms in total. The molecule has 4 heterocycles. The number of amides is 1. The van der Waals surface area contributed by atoms with Gasteiger partial charge in [0.05, 0.1) is 18.8 Å². The predicted octanol–water partition coefficient (Wildman–Crippen LogP) is -2.27. The van der Waals surface area contributed by atoms with Crippen molar-refractivity contribution in [2.45, 2.75) is 63.5 Å². The fraction of sp³-hybridized carbons (Fsp3) is 0.571. The molecular formula is C21H27N5O10. The molecule has 0 aromatic carbocycles. The zero-order valence-corrected chi connectivity index (χ0v) is 19.5. The zero-order chi connectivity index (χ0) is 26.1. The number of ether oxygens (including phenoxy) is 3. The minimum atomic E-state index is -1.04. The van der Waals surface area contributed by atoms with E-state index < -0.39 is 72.0 Å². The van der Waals surface area contributed by atoms with Gasteiger partial charge in [-0.3, -0.25) is 28.7 Å². The van der Waals surface area contributed by atoms with E-state index in [0.29, 0.717) is 11.1 Å². The van der Waals surface area contributed by atoms with Gasteiger partial charge in [-0.1, -0.05) is 0 Å². The number of aliphatic hydroxyl groups is 2. The van der Waals surface area contributed by atoms with Crippen LogP contribution in [0.5, 0.6) is 0 Å². The van der Waals surface area contributed by atoms with E-state index in [0.717, 1.165) is 4.57 Å². The first-order chi connectivity index (χ1) is 17.1. The first-order valence-corrected chi connectivity index (χ1v) is 11.2. The fourth-order valence-corrected chi connectivity index (χ4v) is 4.21. The SMILES string of the molecule is Cc1cn([C@H]2C[C@H](NC(=O)OC[C@H]3O[C@@H](n4cc(C)c(=O)[nH]c4=O)C[C@@H]3O)[C@@H](CO)O2)c(=O)[nH]c1=O. The van der Waals surface area contributed by atoms with Crippen molar-refractivity contribution in [2.24, 2.45) is 0 Å². The number of H-pyrrole nitrogens is 2. The van der Waals surface area contributed by atoms with Crippen molar-refractivity contribution in [1.82, 2.24) is 24.4 Å². The number of hydrogen-bond donors (Lipinski definition) is 5. The Morgan fingerprint density at radius 3 is 2.08 bits per heavy atom. The lowest BCUT2D eigenvalue weighted by molar-refractivity contribution is -0.0502. The van der Waals surface area contributed by atoms with Gasteiger partial charge in [-0.15, -0.1) is 0 Å². The highest BCUT2D eigenvalue weighted by Crippen LogP contribution is 2.29. The molecule has 0 radical (unpaired) electrons. The number of aromatic nitrogens is 4. The molecule has 0 bridgehead atoms. The first-order valence-electron chi connectivity index (χ1n) is 11.2. The molecule has 2 aromatic rings. The summed E-state index contributed by atoms with van der Waals surface area (Å²) in [5.41, 5.74) is -1.83. The van der Waals surface area contributed by atoms with Crippen LogP contribution in [-0.2, 0) is 14.2 Å². The summed E-state index contributed by atoms with van der Waals surface area (Å²) in [6, 6.07) is -0.712. The topological polar surface area (TPSA) is 207 Å². The van der Waals surface area contributed by atoms with Gasteiger partial charge in [0.1, 0.15) is 31.3 Å². The van der Waals surface area contributed by atoms with E-state index >= 15 is 0 Å². The summed E-state index contributed by atoms with van der Waals surface area (Å²) in [7, 11) is 0. The van der Waals surface area contributed by atoms with Crippen LogP contribution in [0, 0.1) is 13.8 Å². The number of nitrogens with one attached hydrogen (secondary N) is 3. The molecular weight excluding hydrogens is 482 g/mol. The van der Waals surface area contributed by atoms with Gasteiger partial charge in [0.15, 0.2) is 0 Å². The van der Waals surface area contributed by atoms with Gasteiger partial charge in [0, 0.05) is 36.4 Å². The fourth-order valence-electron chi connectivity index (χ4n) is 4.21. The predicted molar refractivity (Wildman–Crippen MR) is 121 cm³/mol. The number of rotatable bonds is 6. The summed E-state index contributed by atoms with van der Waals surface area (Å²) in [4.78, 5) is 64.1. The Kier molecular flexibility index (Phi) is 7.26. The third-order valence-corrected chi connectivity index (χ3v) is 6.21. The Balaban J connectivity index is 1.35. The molecule has 4 rings (SSSR count). The molecule has 2 saturated heterocycles. The van der Waals surface area contributed by atoms with Gasteiger partial charge >= 0.3 is 17.5 Å². The van der Waals surface area contributed by atoms with Crippen LogP contribution in [0.3, 0.4) is 0 Å². The van der Waals surface area contributed by atoms with Crippen molar-refractivity contribution in [1.29, 1.82) is 0 Å². The van der Waals surface area contributed by atoms with Crippen molar-refractivity contribution in [3.8, 4) is 0 Å². The Hall–Kier alpha value is -3.53. The summed E-state index contributed by atoms with van der Waals surface area (Å²) in [6.45, 7) is 2.27. The molecule has 2 aliphatic heterocycles. The summed E-state index contributed by atoms with van der Waals surface area (Å²) in [5, 5.41) is 22.5. The Bertz CT molecular complexity index is 1360. The lowest BCUT2D eigenvalue weighted by atomic mass is 10.1. The minimum absolute atomic E-state index is 0.0408. The van der Waals surface area contributed by atoms with Crippen molar-refractivity contribution >= 4 is 6.09 Å². The monoisotopic (exact) mass is 509 g/mol. The van der Waals surface area contributed by atoms with E-state index in [9.17, 15) is 34.2 Å². The second kappa shape index (κ2) is 10.2. The molecule has 2 aromatic heterocycles. The van der Waals surface area contributed by atoms with E-state index in [2.05, 4.69) is 15.3 Å².